The Kier molecular flexibility index (Phi) is 16.4. The fraction of sp³-hybridized carbons (Fsp3) is 0.273. The molecule has 0 aliphatic heterocycles. The number of allylic oxidation sites excluding steroid dienone is 2. The van der Waals surface area contributed by atoms with Gasteiger partial charge in [-0.05, 0) is 61.8 Å². The molecule has 0 saturated carbocycles. The number of nitrogens with two attached hydrogens (primary N) is 1. The first-order valence-electron chi connectivity index (χ1n) is 19.0. The third-order valence-electron chi connectivity index (χ3n) is 10.5. The van der Waals surface area contributed by atoms with E-state index in [4.69, 9.17) is 5.84 Å². The van der Waals surface area contributed by atoms with Crippen LogP contribution in [0.5, 0.6) is 0 Å². The smallest absolute Gasteiger partial charge is 0.271 e. The van der Waals surface area contributed by atoms with E-state index in [9.17, 15) is 40.5 Å². The zero-order valence-electron chi connectivity index (χ0n) is 32.4. The Bertz CT molecular complexity index is 2040. The lowest BCUT2D eigenvalue weighted by Crippen LogP contribution is -2.60. The first-order valence-corrected chi connectivity index (χ1v) is 19.0. The van der Waals surface area contributed by atoms with Crippen molar-refractivity contribution in [2.24, 2.45) is 11.3 Å². The fourth-order valence-electron chi connectivity index (χ4n) is 7.37. The minimum Gasteiger partial charge on any atom is -0.271 e. The number of para-hydroxylation sites is 4. The number of hydrogen-bond acceptors (Lipinski definition) is 10. The first-order chi connectivity index (χ1) is 28.0. The van der Waals surface area contributed by atoms with Crippen molar-refractivity contribution in [3.63, 3.8) is 0 Å². The zero-order chi connectivity index (χ0) is 42.0. The van der Waals surface area contributed by atoms with Crippen LogP contribution in [0.25, 0.3) is 24.3 Å². The standard InChI is InChI=1S/C44H48N6O8/c1-2-3-4-13-30-43(31-14-22-35-18-5-9-26-39(35)47(51)52,32-15-23-36-19-6-10-27-40(36)48(53)54)44(46-45,33-16-24-37-20-7-11-28-41(37)49(55)56)34-17-25-38-21-8-12-29-42(38)50(57)58/h5-12,14-29,46H,2-4,13,30-34,45H2,1H3. The molecule has 302 valence electrons. The Balaban J connectivity index is 1.95. The highest BCUT2D eigenvalue weighted by Crippen LogP contribution is 2.49. The van der Waals surface area contributed by atoms with Gasteiger partial charge in [-0.3, -0.25) is 51.7 Å². The van der Waals surface area contributed by atoms with Crippen molar-refractivity contribution in [1.29, 1.82) is 0 Å². The van der Waals surface area contributed by atoms with E-state index in [1.54, 1.807) is 97.1 Å². The fourth-order valence-corrected chi connectivity index (χ4v) is 7.37. The largest absolute Gasteiger partial charge is 0.276 e. The molecule has 0 saturated heterocycles. The number of nitro groups is 4. The van der Waals surface area contributed by atoms with Crippen molar-refractivity contribution >= 4 is 47.1 Å². The zero-order valence-corrected chi connectivity index (χ0v) is 32.4. The van der Waals surface area contributed by atoms with Crippen LogP contribution in [0.3, 0.4) is 0 Å². The summed E-state index contributed by atoms with van der Waals surface area (Å²) >= 11 is 0. The van der Waals surface area contributed by atoms with Gasteiger partial charge in [-0.1, -0.05) is 130 Å². The minimum atomic E-state index is -1.06. The highest BCUT2D eigenvalue weighted by Gasteiger charge is 2.47. The lowest BCUT2D eigenvalue weighted by Gasteiger charge is -2.50. The molecule has 4 aromatic carbocycles. The lowest BCUT2D eigenvalue weighted by molar-refractivity contribution is -0.385. The lowest BCUT2D eigenvalue weighted by atomic mass is 9.59. The highest BCUT2D eigenvalue weighted by atomic mass is 16.6. The summed E-state index contributed by atoms with van der Waals surface area (Å²) in [5.41, 5.74) is 2.58. The van der Waals surface area contributed by atoms with E-state index in [0.717, 1.165) is 25.7 Å². The average Bonchev–Trinajstić information content (AvgIpc) is 3.22. The number of hydrazine groups is 1. The Labute approximate surface area is 337 Å². The summed E-state index contributed by atoms with van der Waals surface area (Å²) < 4.78 is 0. The predicted molar refractivity (Wildman–Crippen MR) is 228 cm³/mol. The second kappa shape index (κ2) is 21.6. The summed E-state index contributed by atoms with van der Waals surface area (Å²) in [6, 6.07) is 25.5. The molecule has 4 rings (SSSR count). The summed E-state index contributed by atoms with van der Waals surface area (Å²) in [5, 5.41) is 47.7. The van der Waals surface area contributed by atoms with Gasteiger partial charge in [-0.25, -0.2) is 0 Å². The molecule has 0 radical (unpaired) electrons. The average molecular weight is 789 g/mol. The maximum absolute atomic E-state index is 11.9. The summed E-state index contributed by atoms with van der Waals surface area (Å²) in [6.07, 6.45) is 19.4. The van der Waals surface area contributed by atoms with Crippen LogP contribution in [0.2, 0.25) is 0 Å². The molecule has 3 N–H and O–H groups in total. The van der Waals surface area contributed by atoms with Gasteiger partial charge in [0.15, 0.2) is 0 Å². The van der Waals surface area contributed by atoms with Gasteiger partial charge in [0.2, 0.25) is 0 Å². The third-order valence-corrected chi connectivity index (χ3v) is 10.5. The van der Waals surface area contributed by atoms with E-state index < -0.39 is 30.6 Å². The third kappa shape index (κ3) is 11.5. The minimum absolute atomic E-state index is 0.0634. The molecule has 0 amide bonds. The van der Waals surface area contributed by atoms with Crippen LogP contribution in [0.1, 0.15) is 87.0 Å². The van der Waals surface area contributed by atoms with E-state index in [1.165, 1.54) is 24.3 Å². The summed E-state index contributed by atoms with van der Waals surface area (Å²) in [6.45, 7) is 2.10. The number of nitro benzene ring substituents is 4. The molecule has 0 atom stereocenters. The monoisotopic (exact) mass is 788 g/mol. The topological polar surface area (TPSA) is 211 Å². The van der Waals surface area contributed by atoms with Gasteiger partial charge in [-0.15, -0.1) is 0 Å². The van der Waals surface area contributed by atoms with Crippen LogP contribution in [0.4, 0.5) is 22.7 Å². The van der Waals surface area contributed by atoms with Gasteiger partial charge in [0.1, 0.15) is 0 Å². The summed E-state index contributed by atoms with van der Waals surface area (Å²) in [4.78, 5) is 45.9. The van der Waals surface area contributed by atoms with Crippen molar-refractivity contribution in [3.8, 4) is 0 Å². The van der Waals surface area contributed by atoms with Gasteiger partial charge in [0.05, 0.1) is 41.9 Å². The second-order valence-corrected chi connectivity index (χ2v) is 14.0. The molecule has 0 heterocycles. The van der Waals surface area contributed by atoms with Gasteiger partial charge in [-0.2, -0.15) is 0 Å². The first kappa shape index (κ1) is 44.1. The molecule has 14 heteroatoms. The molecule has 0 aliphatic carbocycles. The van der Waals surface area contributed by atoms with Crippen molar-refractivity contribution in [2.75, 3.05) is 0 Å². The number of hydrogen-bond donors (Lipinski definition) is 2. The number of nitrogens with zero attached hydrogens (tertiary/aromatic N) is 4. The van der Waals surface area contributed by atoms with Crippen LogP contribution in [0, 0.1) is 45.9 Å². The van der Waals surface area contributed by atoms with Crippen LogP contribution in [-0.4, -0.2) is 25.2 Å². The van der Waals surface area contributed by atoms with Crippen molar-refractivity contribution in [2.45, 2.75) is 70.3 Å². The maximum atomic E-state index is 11.9. The van der Waals surface area contributed by atoms with E-state index in [-0.39, 0.29) is 35.6 Å². The Morgan fingerprint density at radius 3 is 1.10 bits per heavy atom. The van der Waals surface area contributed by atoms with Crippen molar-refractivity contribution in [1.82, 2.24) is 5.43 Å². The molecule has 0 bridgehead atoms. The van der Waals surface area contributed by atoms with E-state index in [2.05, 4.69) is 12.3 Å². The second-order valence-electron chi connectivity index (χ2n) is 14.0. The molecule has 4 aromatic rings. The molecular weight excluding hydrogens is 741 g/mol. The molecule has 58 heavy (non-hydrogen) atoms. The van der Waals surface area contributed by atoms with Crippen LogP contribution in [-0.2, 0) is 0 Å². The predicted octanol–water partition coefficient (Wildman–Crippen LogP) is 11.2. The maximum Gasteiger partial charge on any atom is 0.276 e. The van der Waals surface area contributed by atoms with E-state index in [0.29, 0.717) is 41.5 Å². The van der Waals surface area contributed by atoms with Crippen LogP contribution >= 0.6 is 0 Å². The van der Waals surface area contributed by atoms with Crippen LogP contribution in [0.15, 0.2) is 121 Å². The highest BCUT2D eigenvalue weighted by molar-refractivity contribution is 5.63. The normalized spacial score (nSPS) is 13.9. The summed E-state index contributed by atoms with van der Waals surface area (Å²) in [5.74, 6) is 6.67. The SMILES string of the molecule is CCCCCCC(CC=Cc1ccccc1[N+](=O)[O-])(CC=Cc1ccccc1[N+](=O)[O-])C(CC=Cc1ccccc1[N+](=O)[O-])(CC=Cc1ccccc1[N+](=O)[O-])NN. The quantitative estimate of drug-likeness (QED) is 0.0314. The van der Waals surface area contributed by atoms with Crippen molar-refractivity contribution in [3.05, 3.63) is 184 Å². The Hall–Kier alpha value is -6.64. The Morgan fingerprint density at radius 1 is 0.500 bits per heavy atom. The summed E-state index contributed by atoms with van der Waals surface area (Å²) in [7, 11) is 0. The van der Waals surface area contributed by atoms with Gasteiger partial charge < -0.3 is 0 Å². The number of nitrogens with one attached hydrogen (secondary N) is 1. The number of rotatable bonds is 23. The molecule has 0 unspecified atom stereocenters. The Morgan fingerprint density at radius 2 is 0.810 bits per heavy atom. The molecule has 0 fully saturated rings. The van der Waals surface area contributed by atoms with Gasteiger partial charge >= 0.3 is 0 Å². The molecular formula is C44H48N6O8. The molecule has 0 aromatic heterocycles. The number of benzene rings is 4. The van der Waals surface area contributed by atoms with E-state index in [1.807, 2.05) is 24.3 Å². The molecule has 0 spiro atoms. The van der Waals surface area contributed by atoms with E-state index >= 15 is 0 Å². The van der Waals surface area contributed by atoms with Gasteiger partial charge in [0, 0.05) is 29.8 Å². The molecule has 0 aliphatic rings. The molecule has 14 nitrogen and oxygen atoms in total. The van der Waals surface area contributed by atoms with Gasteiger partial charge in [0.25, 0.3) is 22.7 Å². The van der Waals surface area contributed by atoms with Crippen molar-refractivity contribution < 1.29 is 19.7 Å². The number of unbranched alkanes of at least 4 members (excludes halogenated alkanes) is 3. The van der Waals surface area contributed by atoms with Crippen LogP contribution < -0.4 is 11.3 Å².